The first-order valence-corrected chi connectivity index (χ1v) is 9.61. The Morgan fingerprint density at radius 2 is 1.83 bits per heavy atom. The summed E-state index contributed by atoms with van der Waals surface area (Å²) >= 11 is 0. The minimum absolute atomic E-state index is 0.0388. The third-order valence-electron chi connectivity index (χ3n) is 4.16. The van der Waals surface area contributed by atoms with Crippen molar-refractivity contribution >= 4 is 27.6 Å². The van der Waals surface area contributed by atoms with E-state index < -0.39 is 27.7 Å². The van der Waals surface area contributed by atoms with Gasteiger partial charge in [-0.2, -0.15) is 0 Å². The standard InChI is InChI=1S/C14H22N2O6S/c1-2-22-14(19)10-3-6-16(7-4-10)13(18)12(17)15-11-5-8-23(20,21)9-11/h10-11H,2-9H2,1H3,(H,15,17). The highest BCUT2D eigenvalue weighted by Crippen LogP contribution is 2.19. The molecule has 2 aliphatic heterocycles. The number of piperidine rings is 1. The molecule has 0 radical (unpaired) electrons. The summed E-state index contributed by atoms with van der Waals surface area (Å²) in [5, 5.41) is 2.48. The quantitative estimate of drug-likeness (QED) is 0.523. The van der Waals surface area contributed by atoms with E-state index in [0.717, 1.165) is 0 Å². The predicted molar refractivity (Wildman–Crippen MR) is 81.1 cm³/mol. The molecular weight excluding hydrogens is 324 g/mol. The van der Waals surface area contributed by atoms with Gasteiger partial charge in [-0.05, 0) is 26.2 Å². The van der Waals surface area contributed by atoms with Gasteiger partial charge in [0, 0.05) is 19.1 Å². The lowest BCUT2D eigenvalue weighted by molar-refractivity contribution is -0.152. The van der Waals surface area contributed by atoms with E-state index in [-0.39, 0.29) is 23.4 Å². The first kappa shape index (κ1) is 17.7. The number of sulfone groups is 1. The lowest BCUT2D eigenvalue weighted by Crippen LogP contribution is -2.49. The van der Waals surface area contributed by atoms with Crippen LogP contribution in [0.4, 0.5) is 0 Å². The van der Waals surface area contributed by atoms with E-state index >= 15 is 0 Å². The maximum atomic E-state index is 12.1. The van der Waals surface area contributed by atoms with Crippen molar-refractivity contribution in [1.82, 2.24) is 10.2 Å². The molecule has 9 heteroatoms. The first-order chi connectivity index (χ1) is 10.8. The van der Waals surface area contributed by atoms with Gasteiger partial charge in [0.05, 0.1) is 24.0 Å². The van der Waals surface area contributed by atoms with E-state index in [0.29, 0.717) is 39.0 Å². The number of hydrogen-bond donors (Lipinski definition) is 1. The number of carbonyl (C=O) groups excluding carboxylic acids is 3. The molecule has 1 atom stereocenters. The van der Waals surface area contributed by atoms with Gasteiger partial charge in [-0.15, -0.1) is 0 Å². The van der Waals surface area contributed by atoms with Crippen LogP contribution in [0.25, 0.3) is 0 Å². The third kappa shape index (κ3) is 4.66. The van der Waals surface area contributed by atoms with Gasteiger partial charge < -0.3 is 15.0 Å². The Bertz CT molecular complexity index is 580. The molecule has 0 bridgehead atoms. The second kappa shape index (κ2) is 7.29. The topological polar surface area (TPSA) is 110 Å². The molecule has 8 nitrogen and oxygen atoms in total. The van der Waals surface area contributed by atoms with E-state index in [2.05, 4.69) is 5.32 Å². The second-order valence-corrected chi connectivity index (χ2v) is 8.12. The van der Waals surface area contributed by atoms with Crippen molar-refractivity contribution in [1.29, 1.82) is 0 Å². The Morgan fingerprint density at radius 1 is 1.17 bits per heavy atom. The van der Waals surface area contributed by atoms with Gasteiger partial charge in [0.15, 0.2) is 9.84 Å². The molecule has 2 fully saturated rings. The Balaban J connectivity index is 1.80. The molecular formula is C14H22N2O6S. The van der Waals surface area contributed by atoms with Crippen molar-refractivity contribution in [3.8, 4) is 0 Å². The van der Waals surface area contributed by atoms with Gasteiger partial charge in [-0.1, -0.05) is 0 Å². The van der Waals surface area contributed by atoms with Crippen LogP contribution < -0.4 is 5.32 Å². The Labute approximate surface area is 135 Å². The molecule has 2 heterocycles. The van der Waals surface area contributed by atoms with Crippen LogP contribution in [0.3, 0.4) is 0 Å². The van der Waals surface area contributed by atoms with Crippen molar-refractivity contribution in [3.63, 3.8) is 0 Å². The van der Waals surface area contributed by atoms with E-state index in [9.17, 15) is 22.8 Å². The lowest BCUT2D eigenvalue weighted by atomic mass is 9.97. The molecule has 130 valence electrons. The van der Waals surface area contributed by atoms with Gasteiger partial charge in [-0.3, -0.25) is 14.4 Å². The molecule has 0 aromatic rings. The number of rotatable bonds is 3. The SMILES string of the molecule is CCOC(=O)C1CCN(C(=O)C(=O)NC2CCS(=O)(=O)C2)CC1. The first-order valence-electron chi connectivity index (χ1n) is 7.79. The smallest absolute Gasteiger partial charge is 0.311 e. The number of nitrogens with zero attached hydrogens (tertiary/aromatic N) is 1. The van der Waals surface area contributed by atoms with Crippen molar-refractivity contribution in [2.45, 2.75) is 32.2 Å². The minimum Gasteiger partial charge on any atom is -0.466 e. The molecule has 1 unspecified atom stereocenters. The van der Waals surface area contributed by atoms with Crippen LogP contribution in [0, 0.1) is 5.92 Å². The largest absolute Gasteiger partial charge is 0.466 e. The molecule has 2 rings (SSSR count). The third-order valence-corrected chi connectivity index (χ3v) is 5.93. The van der Waals surface area contributed by atoms with Crippen LogP contribution >= 0.6 is 0 Å². The Morgan fingerprint density at radius 3 is 2.35 bits per heavy atom. The summed E-state index contributed by atoms with van der Waals surface area (Å²) in [4.78, 5) is 37.1. The van der Waals surface area contributed by atoms with Crippen molar-refractivity contribution in [3.05, 3.63) is 0 Å². The zero-order chi connectivity index (χ0) is 17.0. The number of carbonyl (C=O) groups is 3. The highest BCUT2D eigenvalue weighted by Gasteiger charge is 2.34. The maximum Gasteiger partial charge on any atom is 0.311 e. The Hall–Kier alpha value is -1.64. The summed E-state index contributed by atoms with van der Waals surface area (Å²) in [5.74, 6) is -2.02. The molecule has 23 heavy (non-hydrogen) atoms. The number of ether oxygens (including phenoxy) is 1. The highest BCUT2D eigenvalue weighted by molar-refractivity contribution is 7.91. The molecule has 0 aromatic heterocycles. The zero-order valence-corrected chi connectivity index (χ0v) is 13.9. The maximum absolute atomic E-state index is 12.1. The molecule has 0 aliphatic carbocycles. The summed E-state index contributed by atoms with van der Waals surface area (Å²) in [6.45, 7) is 2.70. The van der Waals surface area contributed by atoms with Gasteiger partial charge in [0.2, 0.25) is 0 Å². The normalized spacial score (nSPS) is 24.2. The van der Waals surface area contributed by atoms with Crippen molar-refractivity contribution in [2.24, 2.45) is 5.92 Å². The van der Waals surface area contributed by atoms with Crippen molar-refractivity contribution in [2.75, 3.05) is 31.2 Å². The summed E-state index contributed by atoms with van der Waals surface area (Å²) in [5.41, 5.74) is 0. The number of amides is 2. The number of nitrogens with one attached hydrogen (secondary N) is 1. The number of esters is 1. The van der Waals surface area contributed by atoms with Crippen LogP contribution in [-0.4, -0.2) is 68.3 Å². The predicted octanol–water partition coefficient (Wildman–Crippen LogP) is -0.909. The molecule has 2 saturated heterocycles. The van der Waals surface area contributed by atoms with E-state index in [1.165, 1.54) is 4.90 Å². The van der Waals surface area contributed by atoms with Crippen LogP contribution in [0.1, 0.15) is 26.2 Å². The lowest BCUT2D eigenvalue weighted by Gasteiger charge is -2.30. The molecule has 2 amide bonds. The monoisotopic (exact) mass is 346 g/mol. The van der Waals surface area contributed by atoms with Gasteiger partial charge in [0.1, 0.15) is 0 Å². The average Bonchev–Trinajstić information content (AvgIpc) is 2.85. The summed E-state index contributed by atoms with van der Waals surface area (Å²) in [6.07, 6.45) is 1.28. The molecule has 2 aliphatic rings. The fraction of sp³-hybridized carbons (Fsp3) is 0.786. The second-order valence-electron chi connectivity index (χ2n) is 5.89. The van der Waals surface area contributed by atoms with Crippen LogP contribution in [0.2, 0.25) is 0 Å². The Kier molecular flexibility index (Phi) is 5.61. The van der Waals surface area contributed by atoms with Crippen LogP contribution in [0.5, 0.6) is 0 Å². The van der Waals surface area contributed by atoms with Crippen LogP contribution in [0.15, 0.2) is 0 Å². The van der Waals surface area contributed by atoms with E-state index in [1.54, 1.807) is 6.92 Å². The summed E-state index contributed by atoms with van der Waals surface area (Å²) < 4.78 is 27.7. The van der Waals surface area contributed by atoms with Gasteiger partial charge in [0.25, 0.3) is 0 Å². The minimum atomic E-state index is -3.10. The zero-order valence-electron chi connectivity index (χ0n) is 13.1. The van der Waals surface area contributed by atoms with Crippen molar-refractivity contribution < 1.29 is 27.5 Å². The molecule has 0 saturated carbocycles. The number of hydrogen-bond acceptors (Lipinski definition) is 6. The molecule has 1 N–H and O–H groups in total. The molecule has 0 spiro atoms. The van der Waals surface area contributed by atoms with E-state index in [1.807, 2.05) is 0 Å². The van der Waals surface area contributed by atoms with Gasteiger partial charge >= 0.3 is 17.8 Å². The fourth-order valence-electron chi connectivity index (χ4n) is 2.88. The average molecular weight is 346 g/mol. The summed E-state index contributed by atoms with van der Waals surface area (Å²) in [6, 6.07) is -0.492. The van der Waals surface area contributed by atoms with E-state index in [4.69, 9.17) is 4.74 Å². The number of likely N-dealkylation sites (tertiary alicyclic amines) is 1. The summed E-state index contributed by atoms with van der Waals surface area (Å²) in [7, 11) is -3.10. The highest BCUT2D eigenvalue weighted by atomic mass is 32.2. The molecule has 0 aromatic carbocycles. The van der Waals surface area contributed by atoms with Crippen LogP contribution in [-0.2, 0) is 29.0 Å². The fourth-order valence-corrected chi connectivity index (χ4v) is 4.55. The van der Waals surface area contributed by atoms with Gasteiger partial charge in [-0.25, -0.2) is 8.42 Å².